The Bertz CT molecular complexity index is 208. The average Bonchev–Trinajstić information content (AvgIpc) is 2.42. The summed E-state index contributed by atoms with van der Waals surface area (Å²) in [5.74, 6) is 0. The topological polar surface area (TPSA) is 44.8 Å². The highest BCUT2D eigenvalue weighted by atomic mass is 16.5. The highest BCUT2D eigenvalue weighted by molar-refractivity contribution is 5.51. The molecule has 5 heteroatoms. The van der Waals surface area contributed by atoms with Crippen LogP contribution in [0.4, 0.5) is 0 Å². The van der Waals surface area contributed by atoms with E-state index >= 15 is 0 Å². The number of nitrogens with one attached hydrogen (secondary N) is 1. The molecule has 0 aromatic heterocycles. The summed E-state index contributed by atoms with van der Waals surface area (Å²) < 4.78 is 5.35. The fourth-order valence-corrected chi connectivity index (χ4v) is 2.16. The van der Waals surface area contributed by atoms with Gasteiger partial charge in [0.1, 0.15) is 6.29 Å². The van der Waals surface area contributed by atoms with E-state index in [1.54, 1.807) is 0 Å². The summed E-state index contributed by atoms with van der Waals surface area (Å²) in [7, 11) is 0. The Hall–Kier alpha value is -0.490. The van der Waals surface area contributed by atoms with Gasteiger partial charge in [-0.3, -0.25) is 4.90 Å². The quantitative estimate of drug-likeness (QED) is 0.434. The van der Waals surface area contributed by atoms with E-state index in [1.165, 1.54) is 6.42 Å². The number of rotatable bonds is 10. The Morgan fingerprint density at radius 1 is 1.28 bits per heavy atom. The van der Waals surface area contributed by atoms with Crippen molar-refractivity contribution in [2.24, 2.45) is 0 Å². The van der Waals surface area contributed by atoms with Crippen molar-refractivity contribution in [1.29, 1.82) is 0 Å². The first-order valence-electron chi connectivity index (χ1n) is 7.03. The van der Waals surface area contributed by atoms with Crippen molar-refractivity contribution in [3.8, 4) is 0 Å². The normalized spacial score (nSPS) is 17.2. The molecule has 1 N–H and O–H groups in total. The first-order valence-corrected chi connectivity index (χ1v) is 7.03. The van der Waals surface area contributed by atoms with E-state index in [0.29, 0.717) is 6.54 Å². The number of morpholine rings is 1. The molecule has 0 bridgehead atoms. The summed E-state index contributed by atoms with van der Waals surface area (Å²) >= 11 is 0. The molecule has 0 aliphatic carbocycles. The average molecular weight is 257 g/mol. The first-order chi connectivity index (χ1) is 8.86. The van der Waals surface area contributed by atoms with Crippen LogP contribution < -0.4 is 5.32 Å². The molecule has 1 heterocycles. The molecule has 0 spiro atoms. The minimum Gasteiger partial charge on any atom is -0.379 e. The number of carbonyl (C=O) groups excluding carboxylic acids is 1. The third-order valence-corrected chi connectivity index (χ3v) is 3.21. The van der Waals surface area contributed by atoms with Gasteiger partial charge in [-0.1, -0.05) is 6.92 Å². The molecule has 0 atom stereocenters. The molecule has 0 saturated carbocycles. The molecule has 1 aliphatic heterocycles. The van der Waals surface area contributed by atoms with Crippen LogP contribution >= 0.6 is 0 Å². The molecule has 106 valence electrons. The van der Waals surface area contributed by atoms with Crippen LogP contribution in [0.5, 0.6) is 0 Å². The van der Waals surface area contributed by atoms with Crippen molar-refractivity contribution >= 4 is 6.29 Å². The van der Waals surface area contributed by atoms with Crippen LogP contribution in [0.3, 0.4) is 0 Å². The fraction of sp³-hybridized carbons (Fsp3) is 0.923. The lowest BCUT2D eigenvalue weighted by atomic mass is 10.3. The number of hydrogen-bond acceptors (Lipinski definition) is 5. The predicted octanol–water partition coefficient (Wildman–Crippen LogP) is -0.181. The lowest BCUT2D eigenvalue weighted by molar-refractivity contribution is -0.107. The maximum atomic E-state index is 10.2. The van der Waals surface area contributed by atoms with E-state index < -0.39 is 0 Å². The second-order valence-electron chi connectivity index (χ2n) is 4.67. The smallest absolute Gasteiger partial charge is 0.133 e. The molecular formula is C13H27N3O2. The zero-order valence-corrected chi connectivity index (χ0v) is 11.6. The van der Waals surface area contributed by atoms with Crippen LogP contribution in [-0.2, 0) is 9.53 Å². The van der Waals surface area contributed by atoms with E-state index in [4.69, 9.17) is 4.74 Å². The van der Waals surface area contributed by atoms with Gasteiger partial charge in [0.05, 0.1) is 19.8 Å². The number of aldehydes is 1. The Labute approximate surface area is 110 Å². The molecule has 0 aromatic rings. The first kappa shape index (κ1) is 15.6. The Morgan fingerprint density at radius 2 is 2.06 bits per heavy atom. The molecular weight excluding hydrogens is 230 g/mol. The molecule has 1 aliphatic rings. The molecule has 1 fully saturated rings. The van der Waals surface area contributed by atoms with Gasteiger partial charge >= 0.3 is 0 Å². The number of hydrogen-bond donors (Lipinski definition) is 1. The lowest BCUT2D eigenvalue weighted by Crippen LogP contribution is -2.43. The summed E-state index contributed by atoms with van der Waals surface area (Å²) in [6.45, 7) is 11.8. The molecule has 0 radical (unpaired) electrons. The number of nitrogens with zero attached hydrogens (tertiary/aromatic N) is 2. The SMILES string of the molecule is CCCN(CCNCC=O)CCN1CCOCC1. The second kappa shape index (κ2) is 10.4. The van der Waals surface area contributed by atoms with E-state index in [2.05, 4.69) is 22.0 Å². The monoisotopic (exact) mass is 257 g/mol. The van der Waals surface area contributed by atoms with Crippen molar-refractivity contribution in [3.63, 3.8) is 0 Å². The predicted molar refractivity (Wildman–Crippen MR) is 72.9 cm³/mol. The molecule has 1 rings (SSSR count). The van der Waals surface area contributed by atoms with Crippen LogP contribution in [0, 0.1) is 0 Å². The van der Waals surface area contributed by atoms with Gasteiger partial charge in [0.15, 0.2) is 0 Å². The maximum absolute atomic E-state index is 10.2. The van der Waals surface area contributed by atoms with E-state index in [-0.39, 0.29) is 0 Å². The standard InChI is InChI=1S/C13H27N3O2/c1-2-5-15(6-3-14-4-11-17)7-8-16-9-12-18-13-10-16/h11,14H,2-10,12-13H2,1H3. The molecule has 0 aromatic carbocycles. The zero-order chi connectivity index (χ0) is 13.1. The molecule has 18 heavy (non-hydrogen) atoms. The van der Waals surface area contributed by atoms with Gasteiger partial charge in [0, 0.05) is 39.3 Å². The largest absolute Gasteiger partial charge is 0.379 e. The van der Waals surface area contributed by atoms with Gasteiger partial charge in [-0.2, -0.15) is 0 Å². The van der Waals surface area contributed by atoms with E-state index in [0.717, 1.165) is 65.3 Å². The summed E-state index contributed by atoms with van der Waals surface area (Å²) in [4.78, 5) is 15.1. The third kappa shape index (κ3) is 7.06. The van der Waals surface area contributed by atoms with Crippen molar-refractivity contribution in [1.82, 2.24) is 15.1 Å². The lowest BCUT2D eigenvalue weighted by Gasteiger charge is -2.30. The van der Waals surface area contributed by atoms with Crippen molar-refractivity contribution in [2.75, 3.05) is 65.6 Å². The molecule has 0 unspecified atom stereocenters. The van der Waals surface area contributed by atoms with E-state index in [9.17, 15) is 4.79 Å². The van der Waals surface area contributed by atoms with E-state index in [1.807, 2.05) is 0 Å². The number of carbonyl (C=O) groups is 1. The zero-order valence-electron chi connectivity index (χ0n) is 11.6. The van der Waals surface area contributed by atoms with Crippen LogP contribution in [0.1, 0.15) is 13.3 Å². The fourth-order valence-electron chi connectivity index (χ4n) is 2.16. The molecule has 5 nitrogen and oxygen atoms in total. The van der Waals surface area contributed by atoms with Gasteiger partial charge in [0.2, 0.25) is 0 Å². The summed E-state index contributed by atoms with van der Waals surface area (Å²) in [5.41, 5.74) is 0. The highest BCUT2D eigenvalue weighted by Crippen LogP contribution is 1.98. The van der Waals surface area contributed by atoms with Gasteiger partial charge < -0.3 is 19.7 Å². The van der Waals surface area contributed by atoms with Gasteiger partial charge in [-0.25, -0.2) is 0 Å². The Morgan fingerprint density at radius 3 is 2.72 bits per heavy atom. The summed E-state index contributed by atoms with van der Waals surface area (Å²) in [6, 6.07) is 0. The Balaban J connectivity index is 2.12. The van der Waals surface area contributed by atoms with Crippen LogP contribution in [0.2, 0.25) is 0 Å². The minimum absolute atomic E-state index is 0.462. The van der Waals surface area contributed by atoms with Gasteiger partial charge in [0.25, 0.3) is 0 Å². The minimum atomic E-state index is 0.462. The maximum Gasteiger partial charge on any atom is 0.133 e. The van der Waals surface area contributed by atoms with Gasteiger partial charge in [-0.05, 0) is 13.0 Å². The number of ether oxygens (including phenoxy) is 1. The summed E-state index contributed by atoms with van der Waals surface area (Å²) in [5, 5.41) is 3.12. The second-order valence-corrected chi connectivity index (χ2v) is 4.67. The van der Waals surface area contributed by atoms with Crippen LogP contribution in [0.15, 0.2) is 0 Å². The third-order valence-electron chi connectivity index (χ3n) is 3.21. The van der Waals surface area contributed by atoms with Crippen molar-refractivity contribution in [3.05, 3.63) is 0 Å². The summed E-state index contributed by atoms with van der Waals surface area (Å²) in [6.07, 6.45) is 2.09. The highest BCUT2D eigenvalue weighted by Gasteiger charge is 2.11. The van der Waals surface area contributed by atoms with Crippen LogP contribution in [-0.4, -0.2) is 81.7 Å². The van der Waals surface area contributed by atoms with Crippen molar-refractivity contribution < 1.29 is 9.53 Å². The molecule has 0 amide bonds. The van der Waals surface area contributed by atoms with Crippen LogP contribution in [0.25, 0.3) is 0 Å². The molecule has 1 saturated heterocycles. The Kier molecular flexibility index (Phi) is 9.02. The van der Waals surface area contributed by atoms with Crippen molar-refractivity contribution in [2.45, 2.75) is 13.3 Å². The van der Waals surface area contributed by atoms with Gasteiger partial charge in [-0.15, -0.1) is 0 Å².